The molecule has 0 aliphatic rings. The molecule has 0 aromatic carbocycles. The van der Waals surface area contributed by atoms with E-state index in [1.807, 2.05) is 0 Å². The van der Waals surface area contributed by atoms with E-state index in [9.17, 15) is 4.79 Å². The summed E-state index contributed by atoms with van der Waals surface area (Å²) in [6.45, 7) is 11.9. The summed E-state index contributed by atoms with van der Waals surface area (Å²) in [5.41, 5.74) is 0. The summed E-state index contributed by atoms with van der Waals surface area (Å²) in [4.78, 5) is 11.8. The zero-order valence-corrected chi connectivity index (χ0v) is 15.8. The van der Waals surface area contributed by atoms with Crippen LogP contribution in [0.4, 0.5) is 0 Å². The van der Waals surface area contributed by atoms with Gasteiger partial charge in [0.15, 0.2) is 0 Å². The number of carbonyl (C=O) groups excluding carboxylic acids is 1. The second kappa shape index (κ2) is 14.1. The molecule has 132 valence electrons. The fraction of sp³-hybridized carbons (Fsp3) is 0.950. The van der Waals surface area contributed by atoms with Crippen molar-refractivity contribution < 1.29 is 9.53 Å². The van der Waals surface area contributed by atoms with E-state index in [-0.39, 0.29) is 5.97 Å². The highest BCUT2D eigenvalue weighted by molar-refractivity contribution is 5.69. The molecule has 22 heavy (non-hydrogen) atoms. The molecule has 1 unspecified atom stereocenters. The van der Waals surface area contributed by atoms with E-state index in [0.717, 1.165) is 24.7 Å². The molecule has 1 atom stereocenters. The summed E-state index contributed by atoms with van der Waals surface area (Å²) in [5, 5.41) is 0. The maximum atomic E-state index is 11.8. The number of ether oxygens (including phenoxy) is 1. The quantitative estimate of drug-likeness (QED) is 0.275. The van der Waals surface area contributed by atoms with Crippen LogP contribution in [0.15, 0.2) is 0 Å². The standard InChI is InChI=1S/C20H40O2/c1-6-11-19(15-14-18(4)5)16-22-20(21)13-10-8-7-9-12-17(2)3/h17-19H,6-16H2,1-5H3. The van der Waals surface area contributed by atoms with Gasteiger partial charge >= 0.3 is 5.97 Å². The van der Waals surface area contributed by atoms with E-state index in [2.05, 4.69) is 34.6 Å². The molecule has 0 saturated carbocycles. The summed E-state index contributed by atoms with van der Waals surface area (Å²) in [5.74, 6) is 2.10. The molecule has 0 amide bonds. The van der Waals surface area contributed by atoms with E-state index >= 15 is 0 Å². The summed E-state index contributed by atoms with van der Waals surface area (Å²) in [6.07, 6.45) is 11.4. The minimum atomic E-state index is 0.00881. The van der Waals surface area contributed by atoms with Crippen molar-refractivity contribution in [1.29, 1.82) is 0 Å². The number of esters is 1. The third-order valence-corrected chi connectivity index (χ3v) is 4.24. The minimum Gasteiger partial charge on any atom is -0.465 e. The smallest absolute Gasteiger partial charge is 0.305 e. The third-order valence-electron chi connectivity index (χ3n) is 4.24. The lowest BCUT2D eigenvalue weighted by atomic mass is 9.95. The molecule has 0 fully saturated rings. The normalized spacial score (nSPS) is 12.9. The highest BCUT2D eigenvalue weighted by Gasteiger charge is 2.12. The van der Waals surface area contributed by atoms with Crippen molar-refractivity contribution in [3.8, 4) is 0 Å². The van der Waals surface area contributed by atoms with Gasteiger partial charge in [0, 0.05) is 6.42 Å². The Morgan fingerprint density at radius 3 is 2.05 bits per heavy atom. The van der Waals surface area contributed by atoms with Crippen molar-refractivity contribution in [3.05, 3.63) is 0 Å². The molecule has 0 aliphatic carbocycles. The van der Waals surface area contributed by atoms with Gasteiger partial charge in [-0.1, -0.05) is 73.1 Å². The molecule has 0 aliphatic heterocycles. The van der Waals surface area contributed by atoms with Crippen LogP contribution in [0.25, 0.3) is 0 Å². The fourth-order valence-corrected chi connectivity index (χ4v) is 2.75. The monoisotopic (exact) mass is 312 g/mol. The van der Waals surface area contributed by atoms with Crippen molar-refractivity contribution in [1.82, 2.24) is 0 Å². The zero-order chi connectivity index (χ0) is 16.8. The first kappa shape index (κ1) is 21.5. The first-order valence-electron chi connectivity index (χ1n) is 9.61. The van der Waals surface area contributed by atoms with Gasteiger partial charge in [-0.3, -0.25) is 4.79 Å². The lowest BCUT2D eigenvalue weighted by molar-refractivity contribution is -0.145. The fourth-order valence-electron chi connectivity index (χ4n) is 2.75. The first-order valence-corrected chi connectivity index (χ1v) is 9.61. The Hall–Kier alpha value is -0.530. The van der Waals surface area contributed by atoms with Gasteiger partial charge in [0.1, 0.15) is 0 Å². The van der Waals surface area contributed by atoms with Gasteiger partial charge < -0.3 is 4.74 Å². The Kier molecular flexibility index (Phi) is 13.7. The van der Waals surface area contributed by atoms with Crippen LogP contribution < -0.4 is 0 Å². The van der Waals surface area contributed by atoms with Crippen LogP contribution >= 0.6 is 0 Å². The van der Waals surface area contributed by atoms with Gasteiger partial charge in [-0.2, -0.15) is 0 Å². The molecule has 0 heterocycles. The Morgan fingerprint density at radius 2 is 1.45 bits per heavy atom. The lowest BCUT2D eigenvalue weighted by Gasteiger charge is -2.17. The second-order valence-electron chi connectivity index (χ2n) is 7.66. The average molecular weight is 313 g/mol. The van der Waals surface area contributed by atoms with E-state index in [4.69, 9.17) is 4.74 Å². The molecule has 0 aromatic rings. The van der Waals surface area contributed by atoms with Crippen LogP contribution in [0.3, 0.4) is 0 Å². The van der Waals surface area contributed by atoms with Gasteiger partial charge in [-0.15, -0.1) is 0 Å². The van der Waals surface area contributed by atoms with Gasteiger partial charge in [0.2, 0.25) is 0 Å². The highest BCUT2D eigenvalue weighted by atomic mass is 16.5. The molecule has 0 saturated heterocycles. The minimum absolute atomic E-state index is 0.00881. The molecule has 2 nitrogen and oxygen atoms in total. The Morgan fingerprint density at radius 1 is 0.818 bits per heavy atom. The number of carbonyl (C=O) groups is 1. The van der Waals surface area contributed by atoms with Crippen molar-refractivity contribution >= 4 is 5.97 Å². The van der Waals surface area contributed by atoms with Crippen LogP contribution in [-0.2, 0) is 9.53 Å². The number of rotatable bonds is 14. The van der Waals surface area contributed by atoms with Crippen molar-refractivity contribution in [3.63, 3.8) is 0 Å². The molecule has 0 aromatic heterocycles. The zero-order valence-electron chi connectivity index (χ0n) is 15.8. The highest BCUT2D eigenvalue weighted by Crippen LogP contribution is 2.18. The van der Waals surface area contributed by atoms with Crippen molar-refractivity contribution in [2.24, 2.45) is 17.8 Å². The Bertz CT molecular complexity index is 258. The molecule has 2 heteroatoms. The summed E-state index contributed by atoms with van der Waals surface area (Å²) < 4.78 is 5.49. The molecule has 0 rings (SSSR count). The molecular weight excluding hydrogens is 272 g/mol. The molecule has 0 spiro atoms. The Labute approximate surface area is 139 Å². The molecule has 0 radical (unpaired) electrons. The topological polar surface area (TPSA) is 26.3 Å². The van der Waals surface area contributed by atoms with E-state index in [1.165, 1.54) is 44.9 Å². The number of unbranched alkanes of at least 4 members (excludes halogenated alkanes) is 3. The van der Waals surface area contributed by atoms with Crippen LogP contribution in [0.1, 0.15) is 98.8 Å². The first-order chi connectivity index (χ1) is 10.5. The van der Waals surface area contributed by atoms with E-state index < -0.39 is 0 Å². The molecular formula is C20H40O2. The molecule has 0 bridgehead atoms. The predicted molar refractivity (Wildman–Crippen MR) is 96.0 cm³/mol. The van der Waals surface area contributed by atoms with Crippen LogP contribution in [0.2, 0.25) is 0 Å². The van der Waals surface area contributed by atoms with Crippen LogP contribution in [-0.4, -0.2) is 12.6 Å². The van der Waals surface area contributed by atoms with Crippen molar-refractivity contribution in [2.75, 3.05) is 6.61 Å². The van der Waals surface area contributed by atoms with Gasteiger partial charge in [0.25, 0.3) is 0 Å². The summed E-state index contributed by atoms with van der Waals surface area (Å²) >= 11 is 0. The average Bonchev–Trinajstić information content (AvgIpc) is 2.45. The number of hydrogen-bond donors (Lipinski definition) is 0. The van der Waals surface area contributed by atoms with E-state index in [1.54, 1.807) is 0 Å². The summed E-state index contributed by atoms with van der Waals surface area (Å²) in [7, 11) is 0. The third kappa shape index (κ3) is 14.4. The summed E-state index contributed by atoms with van der Waals surface area (Å²) in [6, 6.07) is 0. The maximum Gasteiger partial charge on any atom is 0.305 e. The van der Waals surface area contributed by atoms with Gasteiger partial charge in [-0.05, 0) is 37.0 Å². The van der Waals surface area contributed by atoms with Crippen LogP contribution in [0, 0.1) is 17.8 Å². The van der Waals surface area contributed by atoms with Crippen LogP contribution in [0.5, 0.6) is 0 Å². The maximum absolute atomic E-state index is 11.8. The largest absolute Gasteiger partial charge is 0.465 e. The second-order valence-corrected chi connectivity index (χ2v) is 7.66. The Balaban J connectivity index is 3.67. The lowest BCUT2D eigenvalue weighted by Crippen LogP contribution is -2.15. The van der Waals surface area contributed by atoms with E-state index in [0.29, 0.717) is 18.9 Å². The number of hydrogen-bond acceptors (Lipinski definition) is 2. The van der Waals surface area contributed by atoms with Crippen molar-refractivity contribution in [2.45, 2.75) is 98.8 Å². The predicted octanol–water partition coefficient (Wildman–Crippen LogP) is 6.38. The molecule has 0 N–H and O–H groups in total. The van der Waals surface area contributed by atoms with Gasteiger partial charge in [-0.25, -0.2) is 0 Å². The van der Waals surface area contributed by atoms with Gasteiger partial charge in [0.05, 0.1) is 6.61 Å². The SMILES string of the molecule is CCCC(CCC(C)C)COC(=O)CCCCCCC(C)C.